The molecule has 10 heteroatoms. The summed E-state index contributed by atoms with van der Waals surface area (Å²) in [5.41, 5.74) is 1.04. The highest BCUT2D eigenvalue weighted by Gasteiger charge is 2.28. The smallest absolute Gasteiger partial charge is 0.252 e. The van der Waals surface area contributed by atoms with Gasteiger partial charge >= 0.3 is 0 Å². The first kappa shape index (κ1) is 17.7. The number of rotatable bonds is 6. The van der Waals surface area contributed by atoms with E-state index >= 15 is 0 Å². The van der Waals surface area contributed by atoms with Gasteiger partial charge in [0.2, 0.25) is 15.9 Å². The van der Waals surface area contributed by atoms with E-state index in [4.69, 9.17) is 0 Å². The third kappa shape index (κ3) is 4.51. The highest BCUT2D eigenvalue weighted by molar-refractivity contribution is 7.88. The Kier molecular flexibility index (Phi) is 5.28. The zero-order valence-electron chi connectivity index (χ0n) is 14.1. The normalized spacial score (nSPS) is 17.0. The monoisotopic (exact) mass is 366 g/mol. The predicted octanol–water partition coefficient (Wildman–Crippen LogP) is -0.155. The standard InChI is InChI=1S/C15H22N6O3S/c1-25(23,24)20-7-4-13(5-8-20)14(22)16-6-2-3-12-9-17-15-18-11-19-21(15)10-12/h9-11,13H,2-8H2,1H3,(H,16,22). The number of fused-ring (bicyclic) bond motifs is 1. The molecule has 3 rings (SSSR count). The van der Waals surface area contributed by atoms with E-state index in [1.165, 1.54) is 16.9 Å². The van der Waals surface area contributed by atoms with Crippen molar-refractivity contribution in [2.24, 2.45) is 5.92 Å². The Balaban J connectivity index is 1.39. The minimum Gasteiger partial charge on any atom is -0.356 e. The number of hydrogen-bond acceptors (Lipinski definition) is 6. The van der Waals surface area contributed by atoms with Crippen LogP contribution in [0.25, 0.3) is 5.78 Å². The van der Waals surface area contributed by atoms with Gasteiger partial charge in [0.1, 0.15) is 6.33 Å². The number of hydrogen-bond donors (Lipinski definition) is 1. The molecule has 1 saturated heterocycles. The van der Waals surface area contributed by atoms with Crippen LogP contribution in [-0.4, -0.2) is 64.1 Å². The molecule has 1 fully saturated rings. The van der Waals surface area contributed by atoms with Crippen molar-refractivity contribution in [1.82, 2.24) is 29.2 Å². The van der Waals surface area contributed by atoms with E-state index < -0.39 is 10.0 Å². The lowest BCUT2D eigenvalue weighted by atomic mass is 9.97. The van der Waals surface area contributed by atoms with Gasteiger partial charge in [0, 0.05) is 37.9 Å². The van der Waals surface area contributed by atoms with Crippen LogP contribution in [0.5, 0.6) is 0 Å². The predicted molar refractivity (Wildman–Crippen MR) is 91.3 cm³/mol. The number of sulfonamides is 1. The van der Waals surface area contributed by atoms with Crippen LogP contribution >= 0.6 is 0 Å². The van der Waals surface area contributed by atoms with Gasteiger partial charge in [-0.3, -0.25) is 4.79 Å². The molecule has 1 aliphatic heterocycles. The van der Waals surface area contributed by atoms with Crippen LogP contribution in [0.15, 0.2) is 18.7 Å². The fourth-order valence-corrected chi connectivity index (χ4v) is 3.86. The fraction of sp³-hybridized carbons (Fsp3) is 0.600. The lowest BCUT2D eigenvalue weighted by Crippen LogP contribution is -2.42. The summed E-state index contributed by atoms with van der Waals surface area (Å²) >= 11 is 0. The molecule has 25 heavy (non-hydrogen) atoms. The van der Waals surface area contributed by atoms with Crippen LogP contribution in [0, 0.1) is 5.92 Å². The number of carbonyl (C=O) groups is 1. The lowest BCUT2D eigenvalue weighted by Gasteiger charge is -2.29. The van der Waals surface area contributed by atoms with Crippen molar-refractivity contribution in [3.05, 3.63) is 24.3 Å². The summed E-state index contributed by atoms with van der Waals surface area (Å²) in [6.07, 6.45) is 9.06. The molecule has 0 spiro atoms. The molecule has 3 heterocycles. The fourth-order valence-electron chi connectivity index (χ4n) is 2.99. The van der Waals surface area contributed by atoms with E-state index in [9.17, 15) is 13.2 Å². The molecule has 1 amide bonds. The minimum atomic E-state index is -3.15. The average molecular weight is 366 g/mol. The maximum atomic E-state index is 12.2. The Morgan fingerprint density at radius 1 is 1.32 bits per heavy atom. The number of piperidine rings is 1. The molecular weight excluding hydrogens is 344 g/mol. The SMILES string of the molecule is CS(=O)(=O)N1CCC(C(=O)NCCCc2cnc3ncnn3c2)CC1. The van der Waals surface area contributed by atoms with Crippen molar-refractivity contribution in [3.8, 4) is 0 Å². The first-order chi connectivity index (χ1) is 11.9. The topological polar surface area (TPSA) is 110 Å². The van der Waals surface area contributed by atoms with Crippen molar-refractivity contribution >= 4 is 21.7 Å². The maximum absolute atomic E-state index is 12.2. The third-order valence-corrected chi connectivity index (χ3v) is 5.73. The number of amides is 1. The van der Waals surface area contributed by atoms with Gasteiger partial charge in [0.05, 0.1) is 6.26 Å². The van der Waals surface area contributed by atoms with Gasteiger partial charge in [-0.25, -0.2) is 22.2 Å². The summed E-state index contributed by atoms with van der Waals surface area (Å²) in [6.45, 7) is 1.42. The van der Waals surface area contributed by atoms with E-state index in [-0.39, 0.29) is 11.8 Å². The van der Waals surface area contributed by atoms with E-state index in [0.717, 1.165) is 18.4 Å². The first-order valence-corrected chi connectivity index (χ1v) is 10.2. The Morgan fingerprint density at radius 2 is 2.08 bits per heavy atom. The number of aromatic nitrogens is 4. The highest BCUT2D eigenvalue weighted by Crippen LogP contribution is 2.19. The number of aryl methyl sites for hydroxylation is 1. The van der Waals surface area contributed by atoms with Crippen LogP contribution in [-0.2, 0) is 21.2 Å². The number of nitrogens with one attached hydrogen (secondary N) is 1. The van der Waals surface area contributed by atoms with Crippen molar-refractivity contribution in [3.63, 3.8) is 0 Å². The lowest BCUT2D eigenvalue weighted by molar-refractivity contribution is -0.126. The second-order valence-electron chi connectivity index (χ2n) is 6.30. The molecule has 0 aromatic carbocycles. The molecule has 136 valence electrons. The van der Waals surface area contributed by atoms with Crippen LogP contribution in [0.3, 0.4) is 0 Å². The van der Waals surface area contributed by atoms with E-state index in [2.05, 4.69) is 20.4 Å². The minimum absolute atomic E-state index is 0.0120. The summed E-state index contributed by atoms with van der Waals surface area (Å²) in [5.74, 6) is 0.474. The zero-order valence-corrected chi connectivity index (χ0v) is 14.9. The second kappa shape index (κ2) is 7.44. The summed E-state index contributed by atoms with van der Waals surface area (Å²) in [6, 6.07) is 0. The third-order valence-electron chi connectivity index (χ3n) is 4.42. The molecular formula is C15H22N6O3S. The second-order valence-corrected chi connectivity index (χ2v) is 8.28. The van der Waals surface area contributed by atoms with Crippen LogP contribution < -0.4 is 5.32 Å². The van der Waals surface area contributed by atoms with Gasteiger partial charge in [-0.1, -0.05) is 0 Å². The Hall–Kier alpha value is -2.07. The first-order valence-electron chi connectivity index (χ1n) is 8.30. The quantitative estimate of drug-likeness (QED) is 0.712. The van der Waals surface area contributed by atoms with E-state index in [0.29, 0.717) is 38.3 Å². The van der Waals surface area contributed by atoms with Gasteiger partial charge in [-0.15, -0.1) is 0 Å². The maximum Gasteiger partial charge on any atom is 0.252 e. The van der Waals surface area contributed by atoms with Crippen LogP contribution in [0.2, 0.25) is 0 Å². The number of carbonyl (C=O) groups excluding carboxylic acids is 1. The van der Waals surface area contributed by atoms with Crippen molar-refractivity contribution < 1.29 is 13.2 Å². The molecule has 1 N–H and O–H groups in total. The molecule has 2 aromatic heterocycles. The summed E-state index contributed by atoms with van der Waals surface area (Å²) < 4.78 is 26.0. The molecule has 0 atom stereocenters. The van der Waals surface area contributed by atoms with Gasteiger partial charge in [0.15, 0.2) is 0 Å². The molecule has 2 aromatic rings. The number of nitrogens with zero attached hydrogens (tertiary/aromatic N) is 5. The van der Waals surface area contributed by atoms with Gasteiger partial charge in [0.25, 0.3) is 5.78 Å². The molecule has 0 unspecified atom stereocenters. The van der Waals surface area contributed by atoms with Crippen LogP contribution in [0.1, 0.15) is 24.8 Å². The van der Waals surface area contributed by atoms with Crippen molar-refractivity contribution in [1.29, 1.82) is 0 Å². The van der Waals surface area contributed by atoms with Gasteiger partial charge < -0.3 is 5.32 Å². The molecule has 0 aliphatic carbocycles. The largest absolute Gasteiger partial charge is 0.356 e. The zero-order chi connectivity index (χ0) is 17.9. The molecule has 0 radical (unpaired) electrons. The van der Waals surface area contributed by atoms with E-state index in [1.807, 2.05) is 6.20 Å². The van der Waals surface area contributed by atoms with Gasteiger partial charge in [-0.05, 0) is 31.2 Å². The Morgan fingerprint density at radius 3 is 2.80 bits per heavy atom. The van der Waals surface area contributed by atoms with Gasteiger partial charge in [-0.2, -0.15) is 10.1 Å². The van der Waals surface area contributed by atoms with E-state index in [1.54, 1.807) is 10.7 Å². The summed E-state index contributed by atoms with van der Waals surface area (Å²) in [7, 11) is -3.15. The summed E-state index contributed by atoms with van der Waals surface area (Å²) in [5, 5.41) is 6.99. The Labute approximate surface area is 146 Å². The van der Waals surface area contributed by atoms with Crippen molar-refractivity contribution in [2.75, 3.05) is 25.9 Å². The average Bonchev–Trinajstić information content (AvgIpc) is 3.05. The van der Waals surface area contributed by atoms with Crippen molar-refractivity contribution in [2.45, 2.75) is 25.7 Å². The summed E-state index contributed by atoms with van der Waals surface area (Å²) in [4.78, 5) is 20.4. The molecule has 0 saturated carbocycles. The highest BCUT2D eigenvalue weighted by atomic mass is 32.2. The molecule has 1 aliphatic rings. The Bertz CT molecular complexity index is 842. The molecule has 0 bridgehead atoms. The molecule has 9 nitrogen and oxygen atoms in total. The van der Waals surface area contributed by atoms with Crippen LogP contribution in [0.4, 0.5) is 0 Å².